The van der Waals surface area contributed by atoms with Gasteiger partial charge in [-0.2, -0.15) is 0 Å². The minimum Gasteiger partial charge on any atom is -0.497 e. The lowest BCUT2D eigenvalue weighted by atomic mass is 10.2. The Kier molecular flexibility index (Phi) is 4.66. The third-order valence-corrected chi connectivity index (χ3v) is 2.90. The second kappa shape index (κ2) is 6.65. The zero-order chi connectivity index (χ0) is 15.2. The molecule has 5 nitrogen and oxygen atoms in total. The van der Waals surface area contributed by atoms with Crippen LogP contribution in [0.5, 0.6) is 11.5 Å². The van der Waals surface area contributed by atoms with Gasteiger partial charge >= 0.3 is 0 Å². The molecule has 0 spiro atoms. The summed E-state index contributed by atoms with van der Waals surface area (Å²) in [4.78, 5) is 12.0. The number of hydrogen-bond donors (Lipinski definition) is 2. The number of ether oxygens (including phenoxy) is 2. The van der Waals surface area contributed by atoms with E-state index in [0.29, 0.717) is 17.1 Å². The van der Waals surface area contributed by atoms with E-state index in [9.17, 15) is 4.79 Å². The molecule has 1 atom stereocenters. The maximum atomic E-state index is 12.0. The molecule has 1 amide bonds. The molecular weight excluding hydrogens is 268 g/mol. The summed E-state index contributed by atoms with van der Waals surface area (Å²) in [5, 5.41) is 2.76. The minimum atomic E-state index is -0.625. The van der Waals surface area contributed by atoms with Gasteiger partial charge in [0.05, 0.1) is 7.11 Å². The van der Waals surface area contributed by atoms with E-state index >= 15 is 0 Å². The molecule has 0 saturated carbocycles. The number of carbonyl (C=O) groups excluding carboxylic acids is 1. The van der Waals surface area contributed by atoms with Gasteiger partial charge in [-0.25, -0.2) is 0 Å². The fraction of sp³-hybridized carbons (Fsp3) is 0.188. The lowest BCUT2D eigenvalue weighted by Gasteiger charge is -2.15. The van der Waals surface area contributed by atoms with E-state index < -0.39 is 6.10 Å². The Balaban J connectivity index is 1.95. The molecule has 0 radical (unpaired) electrons. The summed E-state index contributed by atoms with van der Waals surface area (Å²) in [6.45, 7) is 1.69. The molecule has 0 bridgehead atoms. The molecule has 21 heavy (non-hydrogen) atoms. The first kappa shape index (κ1) is 14.7. The van der Waals surface area contributed by atoms with Crippen LogP contribution < -0.4 is 20.5 Å². The van der Waals surface area contributed by atoms with Crippen molar-refractivity contribution in [3.63, 3.8) is 0 Å². The summed E-state index contributed by atoms with van der Waals surface area (Å²) >= 11 is 0. The number of nitrogen functional groups attached to an aromatic ring is 1. The van der Waals surface area contributed by atoms with E-state index in [-0.39, 0.29) is 5.91 Å². The van der Waals surface area contributed by atoms with Gasteiger partial charge in [-0.05, 0) is 49.4 Å². The summed E-state index contributed by atoms with van der Waals surface area (Å²) in [6, 6.07) is 14.1. The van der Waals surface area contributed by atoms with Gasteiger partial charge in [0.15, 0.2) is 6.10 Å². The molecule has 0 unspecified atom stereocenters. The number of anilines is 2. The topological polar surface area (TPSA) is 73.6 Å². The third kappa shape index (κ3) is 4.14. The minimum absolute atomic E-state index is 0.239. The van der Waals surface area contributed by atoms with Gasteiger partial charge in [0.1, 0.15) is 11.5 Å². The zero-order valence-electron chi connectivity index (χ0n) is 12.0. The Morgan fingerprint density at radius 1 is 1.14 bits per heavy atom. The second-order valence-corrected chi connectivity index (χ2v) is 4.55. The monoisotopic (exact) mass is 286 g/mol. The maximum absolute atomic E-state index is 12.0. The SMILES string of the molecule is COc1ccc(O[C@@H](C)C(=O)Nc2cccc(N)c2)cc1. The van der Waals surface area contributed by atoms with Crippen molar-refractivity contribution in [2.45, 2.75) is 13.0 Å². The van der Waals surface area contributed by atoms with Gasteiger partial charge in [0, 0.05) is 11.4 Å². The number of hydrogen-bond acceptors (Lipinski definition) is 4. The van der Waals surface area contributed by atoms with Crippen LogP contribution in [0.1, 0.15) is 6.92 Å². The molecule has 0 aromatic heterocycles. The first-order valence-corrected chi connectivity index (χ1v) is 6.55. The van der Waals surface area contributed by atoms with Crippen LogP contribution in [0.4, 0.5) is 11.4 Å². The largest absolute Gasteiger partial charge is 0.497 e. The van der Waals surface area contributed by atoms with Crippen LogP contribution >= 0.6 is 0 Å². The van der Waals surface area contributed by atoms with E-state index in [4.69, 9.17) is 15.2 Å². The summed E-state index contributed by atoms with van der Waals surface area (Å²) < 4.78 is 10.6. The van der Waals surface area contributed by atoms with Gasteiger partial charge < -0.3 is 20.5 Å². The van der Waals surface area contributed by atoms with Crippen LogP contribution in [0, 0.1) is 0 Å². The van der Waals surface area contributed by atoms with Gasteiger partial charge in [-0.3, -0.25) is 4.79 Å². The molecule has 2 rings (SSSR count). The van der Waals surface area contributed by atoms with Gasteiger partial charge in [-0.15, -0.1) is 0 Å². The molecular formula is C16H18N2O3. The van der Waals surface area contributed by atoms with Crippen LogP contribution in [-0.2, 0) is 4.79 Å². The number of methoxy groups -OCH3 is 1. The number of nitrogens with one attached hydrogen (secondary N) is 1. The van der Waals surface area contributed by atoms with Crippen molar-refractivity contribution in [3.8, 4) is 11.5 Å². The quantitative estimate of drug-likeness (QED) is 0.829. The molecule has 0 fully saturated rings. The highest BCUT2D eigenvalue weighted by Gasteiger charge is 2.14. The lowest BCUT2D eigenvalue weighted by molar-refractivity contribution is -0.122. The normalized spacial score (nSPS) is 11.5. The zero-order valence-corrected chi connectivity index (χ0v) is 12.0. The lowest BCUT2D eigenvalue weighted by Crippen LogP contribution is -2.30. The fourth-order valence-corrected chi connectivity index (χ4v) is 1.77. The fourth-order valence-electron chi connectivity index (χ4n) is 1.77. The number of carbonyl (C=O) groups is 1. The highest BCUT2D eigenvalue weighted by molar-refractivity contribution is 5.94. The van der Waals surface area contributed by atoms with Crippen molar-refractivity contribution in [1.82, 2.24) is 0 Å². The van der Waals surface area contributed by atoms with Crippen LogP contribution in [0.2, 0.25) is 0 Å². The first-order chi connectivity index (χ1) is 10.1. The van der Waals surface area contributed by atoms with Crippen molar-refractivity contribution in [1.29, 1.82) is 0 Å². The Labute approximate surface area is 123 Å². The highest BCUT2D eigenvalue weighted by atomic mass is 16.5. The third-order valence-electron chi connectivity index (χ3n) is 2.90. The van der Waals surface area contributed by atoms with Crippen LogP contribution in [0.15, 0.2) is 48.5 Å². The van der Waals surface area contributed by atoms with E-state index in [1.807, 2.05) is 0 Å². The molecule has 0 aliphatic rings. The Bertz CT molecular complexity index is 611. The smallest absolute Gasteiger partial charge is 0.265 e. The number of nitrogens with two attached hydrogens (primary N) is 1. The number of rotatable bonds is 5. The molecule has 0 saturated heterocycles. The van der Waals surface area contributed by atoms with Crippen molar-refractivity contribution in [2.75, 3.05) is 18.2 Å². The number of benzene rings is 2. The van der Waals surface area contributed by atoms with Crippen molar-refractivity contribution in [2.24, 2.45) is 0 Å². The van der Waals surface area contributed by atoms with E-state index in [1.54, 1.807) is 62.6 Å². The summed E-state index contributed by atoms with van der Waals surface area (Å²) in [7, 11) is 1.59. The predicted molar refractivity (Wildman–Crippen MR) is 82.6 cm³/mol. The maximum Gasteiger partial charge on any atom is 0.265 e. The summed E-state index contributed by atoms with van der Waals surface area (Å²) in [5.74, 6) is 1.10. The highest BCUT2D eigenvalue weighted by Crippen LogP contribution is 2.19. The average molecular weight is 286 g/mol. The van der Waals surface area contributed by atoms with Gasteiger partial charge in [0.2, 0.25) is 0 Å². The van der Waals surface area contributed by atoms with Gasteiger partial charge in [-0.1, -0.05) is 6.07 Å². The molecule has 3 N–H and O–H groups in total. The van der Waals surface area contributed by atoms with Crippen molar-refractivity contribution in [3.05, 3.63) is 48.5 Å². The van der Waals surface area contributed by atoms with Crippen LogP contribution in [0.3, 0.4) is 0 Å². The number of amides is 1. The van der Waals surface area contributed by atoms with E-state index in [0.717, 1.165) is 5.75 Å². The second-order valence-electron chi connectivity index (χ2n) is 4.55. The molecule has 5 heteroatoms. The molecule has 0 heterocycles. The Hall–Kier alpha value is -2.69. The average Bonchev–Trinajstić information content (AvgIpc) is 2.48. The first-order valence-electron chi connectivity index (χ1n) is 6.55. The van der Waals surface area contributed by atoms with E-state index in [1.165, 1.54) is 0 Å². The van der Waals surface area contributed by atoms with Crippen molar-refractivity contribution >= 4 is 17.3 Å². The van der Waals surface area contributed by atoms with E-state index in [2.05, 4.69) is 5.32 Å². The molecule has 2 aromatic carbocycles. The van der Waals surface area contributed by atoms with Crippen LogP contribution in [0.25, 0.3) is 0 Å². The molecule has 110 valence electrons. The summed E-state index contributed by atoms with van der Waals surface area (Å²) in [5.41, 5.74) is 6.90. The predicted octanol–water partition coefficient (Wildman–Crippen LogP) is 2.68. The summed E-state index contributed by atoms with van der Waals surface area (Å²) in [6.07, 6.45) is -0.625. The molecule has 0 aliphatic carbocycles. The molecule has 2 aromatic rings. The Morgan fingerprint density at radius 2 is 1.81 bits per heavy atom. The standard InChI is InChI=1S/C16H18N2O3/c1-11(21-15-8-6-14(20-2)7-9-15)16(19)18-13-5-3-4-12(17)10-13/h3-11H,17H2,1-2H3,(H,18,19)/t11-/m0/s1. The Morgan fingerprint density at radius 3 is 2.43 bits per heavy atom. The van der Waals surface area contributed by atoms with Gasteiger partial charge in [0.25, 0.3) is 5.91 Å². The molecule has 0 aliphatic heterocycles. The van der Waals surface area contributed by atoms with Crippen LogP contribution in [-0.4, -0.2) is 19.1 Å². The van der Waals surface area contributed by atoms with Crippen molar-refractivity contribution < 1.29 is 14.3 Å².